The maximum atomic E-state index is 13.6. The van der Waals surface area contributed by atoms with Crippen LogP contribution in [0.4, 0.5) is 20.6 Å². The lowest BCUT2D eigenvalue weighted by Crippen LogP contribution is -2.47. The number of nitrogens with one attached hydrogen (secondary N) is 2. The van der Waals surface area contributed by atoms with Gasteiger partial charge in [0.2, 0.25) is 6.17 Å². The van der Waals surface area contributed by atoms with E-state index in [1.807, 2.05) is 24.3 Å². The number of fused-ring (bicyclic) bond motifs is 5. The zero-order valence-corrected chi connectivity index (χ0v) is 19.6. The van der Waals surface area contributed by atoms with E-state index in [0.717, 1.165) is 30.2 Å². The minimum atomic E-state index is -1.07. The van der Waals surface area contributed by atoms with Crippen molar-refractivity contribution in [2.75, 3.05) is 30.4 Å². The molecular weight excluding hydrogens is 433 g/mol. The highest BCUT2D eigenvalue weighted by molar-refractivity contribution is 6.12. The lowest BCUT2D eigenvalue weighted by molar-refractivity contribution is -0.119. The van der Waals surface area contributed by atoms with E-state index in [0.29, 0.717) is 23.1 Å². The van der Waals surface area contributed by atoms with Crippen molar-refractivity contribution in [1.29, 1.82) is 0 Å². The predicted octanol–water partition coefficient (Wildman–Crippen LogP) is 4.13. The first-order valence-corrected chi connectivity index (χ1v) is 11.9. The molecular formula is C26H30FN5O2. The van der Waals surface area contributed by atoms with Gasteiger partial charge >= 0.3 is 6.03 Å². The number of amides is 3. The standard InChI is InChI=1S/C26H30FN5O2/c1-16-13-19(11-12-21(16)27)28-26(34)30-23-25(33)31(2)22-6-4-3-5-20(22)24(29-23)32-14-17-7-8-18(15-32)10-9-17/h3-6,11-13,17-18,23H,7-10,14-15H2,1-2H3,(H2,28,30,34)/t17?,18?,23-/m0/s1. The lowest BCUT2D eigenvalue weighted by Gasteiger charge is -2.27. The summed E-state index contributed by atoms with van der Waals surface area (Å²) in [5.74, 6) is 1.36. The van der Waals surface area contributed by atoms with Crippen molar-refractivity contribution in [3.63, 3.8) is 0 Å². The third kappa shape index (κ3) is 4.36. The quantitative estimate of drug-likeness (QED) is 0.703. The molecule has 8 heteroatoms. The maximum Gasteiger partial charge on any atom is 0.321 e. The third-order valence-corrected chi connectivity index (χ3v) is 7.23. The molecule has 1 aliphatic carbocycles. The van der Waals surface area contributed by atoms with Crippen LogP contribution in [0.1, 0.15) is 36.8 Å². The summed E-state index contributed by atoms with van der Waals surface area (Å²) < 4.78 is 13.6. The molecule has 3 aliphatic heterocycles. The summed E-state index contributed by atoms with van der Waals surface area (Å²) in [7, 11) is 1.71. The Balaban J connectivity index is 1.45. The van der Waals surface area contributed by atoms with Gasteiger partial charge in [0, 0.05) is 31.4 Å². The van der Waals surface area contributed by atoms with Crippen molar-refractivity contribution in [1.82, 2.24) is 10.2 Å². The Kier molecular flexibility index (Phi) is 5.98. The monoisotopic (exact) mass is 463 g/mol. The highest BCUT2D eigenvalue weighted by Gasteiger charge is 2.36. The molecule has 0 spiro atoms. The van der Waals surface area contributed by atoms with Gasteiger partial charge in [0.15, 0.2) is 0 Å². The van der Waals surface area contributed by atoms with Crippen molar-refractivity contribution in [2.24, 2.45) is 16.8 Å². The summed E-state index contributed by atoms with van der Waals surface area (Å²) in [4.78, 5) is 34.9. The van der Waals surface area contributed by atoms with Crippen LogP contribution in [-0.2, 0) is 4.79 Å². The van der Waals surface area contributed by atoms with E-state index in [-0.39, 0.29) is 11.7 Å². The minimum Gasteiger partial charge on any atom is -0.356 e. The topological polar surface area (TPSA) is 77.0 Å². The molecule has 3 fully saturated rings. The molecule has 7 nitrogen and oxygen atoms in total. The van der Waals surface area contributed by atoms with Gasteiger partial charge in [-0.3, -0.25) is 4.79 Å². The van der Waals surface area contributed by atoms with Gasteiger partial charge in [-0.2, -0.15) is 0 Å². The normalized spacial score (nSPS) is 24.1. The molecule has 2 bridgehead atoms. The number of hydrogen-bond donors (Lipinski definition) is 2. The number of halogens is 1. The second-order valence-electron chi connectivity index (χ2n) is 9.62. The number of rotatable bonds is 2. The lowest BCUT2D eigenvalue weighted by atomic mass is 9.84. The van der Waals surface area contributed by atoms with Crippen LogP contribution >= 0.6 is 0 Å². The number of aliphatic imine (C=N–C) groups is 1. The Morgan fingerprint density at radius 1 is 1.06 bits per heavy atom. The molecule has 1 saturated carbocycles. The SMILES string of the molecule is Cc1cc(NC(=O)N[C@@H]2N=C(N3CC4CCC(CC4)C3)c3ccccc3N(C)C2=O)ccc1F. The van der Waals surface area contributed by atoms with Crippen LogP contribution in [0.3, 0.4) is 0 Å². The van der Waals surface area contributed by atoms with Gasteiger partial charge in [-0.1, -0.05) is 12.1 Å². The zero-order chi connectivity index (χ0) is 23.8. The van der Waals surface area contributed by atoms with Crippen molar-refractivity contribution in [3.05, 3.63) is 59.4 Å². The number of aryl methyl sites for hydroxylation is 1. The highest BCUT2D eigenvalue weighted by Crippen LogP contribution is 2.36. The molecule has 1 atom stereocenters. The Bertz CT molecular complexity index is 1130. The number of carbonyl (C=O) groups is 2. The van der Waals surface area contributed by atoms with Crippen LogP contribution in [0.15, 0.2) is 47.5 Å². The van der Waals surface area contributed by atoms with E-state index in [4.69, 9.17) is 4.99 Å². The molecule has 3 amide bonds. The fourth-order valence-corrected chi connectivity index (χ4v) is 5.33. The number of amidine groups is 1. The second-order valence-corrected chi connectivity index (χ2v) is 9.62. The fourth-order valence-electron chi connectivity index (χ4n) is 5.33. The molecule has 0 radical (unpaired) electrons. The minimum absolute atomic E-state index is 0.314. The van der Waals surface area contributed by atoms with Gasteiger partial charge < -0.3 is 20.4 Å². The number of anilines is 2. The van der Waals surface area contributed by atoms with Crippen LogP contribution in [-0.4, -0.2) is 49.0 Å². The number of likely N-dealkylation sites (N-methyl/N-ethyl adjacent to an activating group) is 1. The summed E-state index contributed by atoms with van der Waals surface area (Å²) in [5.41, 5.74) is 2.55. The zero-order valence-electron chi connectivity index (χ0n) is 19.6. The number of hydrogen-bond acceptors (Lipinski definition) is 4. The summed E-state index contributed by atoms with van der Waals surface area (Å²) in [6.45, 7) is 3.45. The summed E-state index contributed by atoms with van der Waals surface area (Å²) in [6.07, 6.45) is 3.85. The third-order valence-electron chi connectivity index (χ3n) is 7.23. The van der Waals surface area contributed by atoms with Gasteiger partial charge in [-0.25, -0.2) is 14.2 Å². The number of urea groups is 1. The molecule has 0 unspecified atom stereocenters. The van der Waals surface area contributed by atoms with E-state index in [1.165, 1.54) is 37.8 Å². The molecule has 2 aromatic rings. The average Bonchev–Trinajstić information content (AvgIpc) is 3.20. The van der Waals surface area contributed by atoms with Gasteiger partial charge in [0.25, 0.3) is 5.91 Å². The first kappa shape index (κ1) is 22.4. The van der Waals surface area contributed by atoms with Crippen molar-refractivity contribution >= 4 is 29.1 Å². The second kappa shape index (κ2) is 9.08. The van der Waals surface area contributed by atoms with E-state index in [2.05, 4.69) is 15.5 Å². The number of benzodiazepines with no additional fused rings is 1. The summed E-state index contributed by atoms with van der Waals surface area (Å²) in [5, 5.41) is 5.42. The molecule has 0 aromatic heterocycles. The van der Waals surface area contributed by atoms with Crippen LogP contribution in [0, 0.1) is 24.6 Å². The number of para-hydroxylation sites is 1. The summed E-state index contributed by atoms with van der Waals surface area (Å²) in [6, 6.07) is 11.5. The fraction of sp³-hybridized carbons (Fsp3) is 0.423. The smallest absolute Gasteiger partial charge is 0.321 e. The van der Waals surface area contributed by atoms with E-state index in [1.54, 1.807) is 24.9 Å². The van der Waals surface area contributed by atoms with Gasteiger partial charge in [0.05, 0.1) is 5.69 Å². The van der Waals surface area contributed by atoms with Crippen molar-refractivity contribution in [2.45, 2.75) is 38.8 Å². The Morgan fingerprint density at radius 3 is 2.41 bits per heavy atom. The molecule has 4 aliphatic rings. The first-order chi connectivity index (χ1) is 16.4. The van der Waals surface area contributed by atoms with E-state index in [9.17, 15) is 14.0 Å². The largest absolute Gasteiger partial charge is 0.356 e. The molecule has 178 valence electrons. The number of nitrogens with zero attached hydrogens (tertiary/aromatic N) is 3. The van der Waals surface area contributed by atoms with Gasteiger partial charge in [0.1, 0.15) is 11.7 Å². The van der Waals surface area contributed by atoms with Crippen molar-refractivity contribution in [3.8, 4) is 0 Å². The molecule has 3 heterocycles. The molecule has 2 aromatic carbocycles. The number of benzene rings is 2. The number of carbonyl (C=O) groups excluding carboxylic acids is 2. The van der Waals surface area contributed by atoms with Crippen molar-refractivity contribution < 1.29 is 14.0 Å². The van der Waals surface area contributed by atoms with E-state index >= 15 is 0 Å². The highest BCUT2D eigenvalue weighted by atomic mass is 19.1. The Hall–Kier alpha value is -3.42. The average molecular weight is 464 g/mol. The molecule has 34 heavy (non-hydrogen) atoms. The Morgan fingerprint density at radius 2 is 1.74 bits per heavy atom. The van der Waals surface area contributed by atoms with E-state index < -0.39 is 12.2 Å². The predicted molar refractivity (Wildman–Crippen MR) is 130 cm³/mol. The first-order valence-electron chi connectivity index (χ1n) is 11.9. The van der Waals surface area contributed by atoms with Gasteiger partial charge in [-0.15, -0.1) is 0 Å². The summed E-state index contributed by atoms with van der Waals surface area (Å²) >= 11 is 0. The maximum absolute atomic E-state index is 13.6. The van der Waals surface area contributed by atoms with Crippen LogP contribution in [0.5, 0.6) is 0 Å². The molecule has 2 N–H and O–H groups in total. The van der Waals surface area contributed by atoms with Crippen LogP contribution < -0.4 is 15.5 Å². The van der Waals surface area contributed by atoms with Crippen LogP contribution in [0.2, 0.25) is 0 Å². The molecule has 2 saturated heterocycles. The Labute approximate surface area is 199 Å². The van der Waals surface area contributed by atoms with Gasteiger partial charge in [-0.05, 0) is 80.3 Å². The van der Waals surface area contributed by atoms with Crippen LogP contribution in [0.25, 0.3) is 0 Å². The molecule has 6 rings (SSSR count).